The molecule has 0 aliphatic carbocycles. The minimum atomic E-state index is -0.198. The molecule has 0 amide bonds. The van der Waals surface area contributed by atoms with Crippen LogP contribution in [0.25, 0.3) is 0 Å². The molecule has 0 aliphatic rings. The highest BCUT2D eigenvalue weighted by Crippen LogP contribution is 2.19. The maximum absolute atomic E-state index is 13.0. The topological polar surface area (TPSA) is 15.3 Å². The highest BCUT2D eigenvalue weighted by atomic mass is 79.9. The number of nitrogens with zero attached hydrogens (tertiary/aromatic N) is 1. The molecule has 0 bridgehead atoms. The number of hydrogen-bond donors (Lipinski definition) is 1. The Kier molecular flexibility index (Phi) is 6.70. The number of likely N-dealkylation sites (N-methyl/N-ethyl adjacent to an activating group) is 2. The van der Waals surface area contributed by atoms with Crippen molar-refractivity contribution in [2.45, 2.75) is 20.4 Å². The lowest BCUT2D eigenvalue weighted by molar-refractivity contribution is 0.279. The quantitative estimate of drug-likeness (QED) is 0.779. The van der Waals surface area contributed by atoms with Gasteiger partial charge in [-0.2, -0.15) is 0 Å². The molecule has 0 unspecified atom stereocenters. The molecule has 1 aromatic rings. The van der Waals surface area contributed by atoms with Crippen LogP contribution in [-0.4, -0.2) is 31.1 Å². The van der Waals surface area contributed by atoms with Gasteiger partial charge in [-0.1, -0.05) is 35.8 Å². The number of nitrogens with one attached hydrogen (secondary N) is 1. The fourth-order valence-electron chi connectivity index (χ4n) is 1.65. The SMILES string of the molecule is CCNCCN(CC)Cc1ccc(F)cc1Br. The number of rotatable bonds is 7. The van der Waals surface area contributed by atoms with Crippen LogP contribution in [0.5, 0.6) is 0 Å². The van der Waals surface area contributed by atoms with Gasteiger partial charge in [0.1, 0.15) is 5.82 Å². The fourth-order valence-corrected chi connectivity index (χ4v) is 2.13. The second kappa shape index (κ2) is 7.80. The zero-order valence-electron chi connectivity index (χ0n) is 10.5. The molecule has 0 radical (unpaired) electrons. The van der Waals surface area contributed by atoms with Crippen molar-refractivity contribution in [3.8, 4) is 0 Å². The molecular formula is C13H20BrFN2. The van der Waals surface area contributed by atoms with Crippen molar-refractivity contribution in [2.75, 3.05) is 26.2 Å². The van der Waals surface area contributed by atoms with Gasteiger partial charge in [-0.05, 0) is 30.8 Å². The van der Waals surface area contributed by atoms with E-state index in [9.17, 15) is 4.39 Å². The summed E-state index contributed by atoms with van der Waals surface area (Å²) in [6, 6.07) is 4.88. The van der Waals surface area contributed by atoms with Crippen LogP contribution in [0.2, 0.25) is 0 Å². The summed E-state index contributed by atoms with van der Waals surface area (Å²) in [5, 5.41) is 3.31. The Morgan fingerprint density at radius 2 is 2.12 bits per heavy atom. The molecule has 0 heterocycles. The summed E-state index contributed by atoms with van der Waals surface area (Å²) in [5.41, 5.74) is 1.13. The van der Waals surface area contributed by atoms with E-state index in [1.54, 1.807) is 0 Å². The van der Waals surface area contributed by atoms with Crippen molar-refractivity contribution in [3.63, 3.8) is 0 Å². The molecule has 2 nitrogen and oxygen atoms in total. The van der Waals surface area contributed by atoms with E-state index >= 15 is 0 Å². The smallest absolute Gasteiger partial charge is 0.124 e. The summed E-state index contributed by atoms with van der Waals surface area (Å²) >= 11 is 3.40. The summed E-state index contributed by atoms with van der Waals surface area (Å²) in [5.74, 6) is -0.198. The lowest BCUT2D eigenvalue weighted by atomic mass is 10.2. The lowest BCUT2D eigenvalue weighted by Crippen LogP contribution is -2.31. The van der Waals surface area contributed by atoms with Crippen molar-refractivity contribution >= 4 is 15.9 Å². The van der Waals surface area contributed by atoms with Gasteiger partial charge in [0.2, 0.25) is 0 Å². The van der Waals surface area contributed by atoms with Gasteiger partial charge in [0.25, 0.3) is 0 Å². The van der Waals surface area contributed by atoms with E-state index in [1.807, 2.05) is 6.07 Å². The first-order valence-electron chi connectivity index (χ1n) is 6.04. The highest BCUT2D eigenvalue weighted by molar-refractivity contribution is 9.10. The Morgan fingerprint density at radius 1 is 1.35 bits per heavy atom. The maximum atomic E-state index is 13.0. The van der Waals surface area contributed by atoms with E-state index in [4.69, 9.17) is 0 Å². The van der Waals surface area contributed by atoms with E-state index in [0.29, 0.717) is 0 Å². The Hall–Kier alpha value is -0.450. The minimum Gasteiger partial charge on any atom is -0.316 e. The summed E-state index contributed by atoms with van der Waals surface area (Å²) < 4.78 is 13.8. The maximum Gasteiger partial charge on any atom is 0.124 e. The Morgan fingerprint density at radius 3 is 2.71 bits per heavy atom. The van der Waals surface area contributed by atoms with Gasteiger partial charge in [-0.3, -0.25) is 4.90 Å². The molecular weight excluding hydrogens is 283 g/mol. The van der Waals surface area contributed by atoms with Crippen LogP contribution in [0.4, 0.5) is 4.39 Å². The number of hydrogen-bond acceptors (Lipinski definition) is 2. The standard InChI is InChI=1S/C13H20BrFN2/c1-3-16-7-8-17(4-2)10-11-5-6-12(15)9-13(11)14/h5-6,9,16H,3-4,7-8,10H2,1-2H3. The second-order valence-electron chi connectivity index (χ2n) is 3.96. The zero-order chi connectivity index (χ0) is 12.7. The van der Waals surface area contributed by atoms with Crippen LogP contribution in [0.15, 0.2) is 22.7 Å². The van der Waals surface area contributed by atoms with Crippen molar-refractivity contribution < 1.29 is 4.39 Å². The van der Waals surface area contributed by atoms with Crippen LogP contribution < -0.4 is 5.32 Å². The third-order valence-electron chi connectivity index (χ3n) is 2.71. The van der Waals surface area contributed by atoms with Gasteiger partial charge in [0.05, 0.1) is 0 Å². The van der Waals surface area contributed by atoms with Crippen LogP contribution >= 0.6 is 15.9 Å². The summed E-state index contributed by atoms with van der Waals surface area (Å²) in [6.07, 6.45) is 0. The average Bonchev–Trinajstić information content (AvgIpc) is 2.31. The summed E-state index contributed by atoms with van der Waals surface area (Å²) in [4.78, 5) is 2.33. The third kappa shape index (κ3) is 5.15. The van der Waals surface area contributed by atoms with E-state index in [-0.39, 0.29) is 5.82 Å². The second-order valence-corrected chi connectivity index (χ2v) is 4.81. The highest BCUT2D eigenvalue weighted by Gasteiger charge is 2.07. The average molecular weight is 303 g/mol. The van der Waals surface area contributed by atoms with Crippen LogP contribution in [0.3, 0.4) is 0 Å². The van der Waals surface area contributed by atoms with E-state index < -0.39 is 0 Å². The Bertz CT molecular complexity index is 344. The van der Waals surface area contributed by atoms with Crippen LogP contribution in [-0.2, 0) is 6.54 Å². The minimum absolute atomic E-state index is 0.198. The first-order valence-corrected chi connectivity index (χ1v) is 6.83. The monoisotopic (exact) mass is 302 g/mol. The van der Waals surface area contributed by atoms with Crippen LogP contribution in [0.1, 0.15) is 19.4 Å². The van der Waals surface area contributed by atoms with Crippen molar-refractivity contribution in [3.05, 3.63) is 34.1 Å². The van der Waals surface area contributed by atoms with Gasteiger partial charge >= 0.3 is 0 Å². The predicted molar refractivity (Wildman–Crippen MR) is 73.6 cm³/mol. The fraction of sp³-hybridized carbons (Fsp3) is 0.538. The molecule has 0 aromatic heterocycles. The first-order chi connectivity index (χ1) is 8.17. The van der Waals surface area contributed by atoms with Gasteiger partial charge in [0.15, 0.2) is 0 Å². The molecule has 1 rings (SSSR count). The molecule has 1 N–H and O–H groups in total. The van der Waals surface area contributed by atoms with E-state index in [2.05, 4.69) is 40.0 Å². The molecule has 96 valence electrons. The Balaban J connectivity index is 2.54. The third-order valence-corrected chi connectivity index (χ3v) is 3.45. The van der Waals surface area contributed by atoms with Gasteiger partial charge in [-0.15, -0.1) is 0 Å². The van der Waals surface area contributed by atoms with Crippen molar-refractivity contribution in [1.82, 2.24) is 10.2 Å². The van der Waals surface area contributed by atoms with Crippen molar-refractivity contribution in [1.29, 1.82) is 0 Å². The van der Waals surface area contributed by atoms with Gasteiger partial charge in [-0.25, -0.2) is 4.39 Å². The molecule has 0 atom stereocenters. The molecule has 0 fully saturated rings. The summed E-state index contributed by atoms with van der Waals surface area (Å²) in [6.45, 7) is 9.09. The molecule has 0 spiro atoms. The van der Waals surface area contributed by atoms with Gasteiger partial charge < -0.3 is 5.32 Å². The van der Waals surface area contributed by atoms with Gasteiger partial charge in [0, 0.05) is 24.1 Å². The Labute approximate surface area is 111 Å². The molecule has 0 aliphatic heterocycles. The molecule has 0 saturated heterocycles. The van der Waals surface area contributed by atoms with Crippen LogP contribution in [0, 0.1) is 5.82 Å². The molecule has 4 heteroatoms. The lowest BCUT2D eigenvalue weighted by Gasteiger charge is -2.21. The molecule has 17 heavy (non-hydrogen) atoms. The van der Waals surface area contributed by atoms with E-state index in [0.717, 1.165) is 42.8 Å². The number of halogens is 2. The molecule has 1 aromatic carbocycles. The number of benzene rings is 1. The zero-order valence-corrected chi connectivity index (χ0v) is 12.1. The first kappa shape index (κ1) is 14.6. The largest absolute Gasteiger partial charge is 0.316 e. The van der Waals surface area contributed by atoms with Crippen molar-refractivity contribution in [2.24, 2.45) is 0 Å². The summed E-state index contributed by atoms with van der Waals surface area (Å²) in [7, 11) is 0. The molecule has 0 saturated carbocycles. The van der Waals surface area contributed by atoms with E-state index in [1.165, 1.54) is 12.1 Å². The predicted octanol–water partition coefficient (Wildman–Crippen LogP) is 3.02. The normalized spacial score (nSPS) is 11.1.